The van der Waals surface area contributed by atoms with Crippen LogP contribution in [0.25, 0.3) is 0 Å². The zero-order valence-electron chi connectivity index (χ0n) is 14.6. The first kappa shape index (κ1) is 16.9. The van der Waals surface area contributed by atoms with Gasteiger partial charge in [-0.05, 0) is 42.5 Å². The van der Waals surface area contributed by atoms with Crippen LogP contribution in [0, 0.1) is 5.92 Å². The van der Waals surface area contributed by atoms with Gasteiger partial charge in [0.15, 0.2) is 0 Å². The van der Waals surface area contributed by atoms with Gasteiger partial charge in [-0.3, -0.25) is 14.6 Å². The van der Waals surface area contributed by atoms with Gasteiger partial charge in [-0.2, -0.15) is 0 Å². The smallest absolute Gasteiger partial charge is 0.247 e. The van der Waals surface area contributed by atoms with E-state index in [2.05, 4.69) is 20.7 Å². The third-order valence-electron chi connectivity index (χ3n) is 6.11. The van der Waals surface area contributed by atoms with Crippen LogP contribution < -0.4 is 10.9 Å². The van der Waals surface area contributed by atoms with Crippen LogP contribution in [0.1, 0.15) is 19.3 Å². The van der Waals surface area contributed by atoms with Gasteiger partial charge in [0.1, 0.15) is 17.1 Å². The Kier molecular flexibility index (Phi) is 3.70. The van der Waals surface area contributed by atoms with Crippen LogP contribution in [0.5, 0.6) is 0 Å². The van der Waals surface area contributed by atoms with E-state index in [9.17, 15) is 14.0 Å². The SMILES string of the molecule is O=C1CC(F)=CC23NC=NC24CN(Sc2ccc(=O)[nH]c2)CC=C4CCC13. The summed E-state index contributed by atoms with van der Waals surface area (Å²) < 4.78 is 16.5. The number of nitrogens with one attached hydrogen (secondary N) is 2. The van der Waals surface area contributed by atoms with Gasteiger partial charge < -0.3 is 10.3 Å². The first-order valence-electron chi connectivity index (χ1n) is 9.05. The average Bonchev–Trinajstić information content (AvgIpc) is 2.99. The number of aromatic amines is 1. The number of aromatic nitrogens is 1. The Hall–Kier alpha value is -2.19. The Morgan fingerprint density at radius 2 is 2.22 bits per heavy atom. The Morgan fingerprint density at radius 1 is 1.33 bits per heavy atom. The molecule has 5 rings (SSSR count). The molecule has 0 radical (unpaired) electrons. The number of hydrogen-bond donors (Lipinski definition) is 2. The number of carbonyl (C=O) groups excluding carboxylic acids is 1. The summed E-state index contributed by atoms with van der Waals surface area (Å²) in [5, 5.41) is 3.26. The molecule has 3 unspecified atom stereocenters. The highest BCUT2D eigenvalue weighted by molar-refractivity contribution is 7.97. The van der Waals surface area contributed by atoms with E-state index in [1.54, 1.807) is 24.7 Å². The predicted molar refractivity (Wildman–Crippen MR) is 101 cm³/mol. The van der Waals surface area contributed by atoms with Gasteiger partial charge in [-0.1, -0.05) is 6.08 Å². The van der Waals surface area contributed by atoms with Crippen molar-refractivity contribution in [1.29, 1.82) is 0 Å². The molecule has 1 saturated carbocycles. The van der Waals surface area contributed by atoms with Crippen molar-refractivity contribution in [1.82, 2.24) is 14.6 Å². The lowest BCUT2D eigenvalue weighted by molar-refractivity contribution is -0.126. The van der Waals surface area contributed by atoms with Crippen LogP contribution in [-0.2, 0) is 4.79 Å². The number of H-pyrrole nitrogens is 1. The van der Waals surface area contributed by atoms with Crippen LogP contribution in [0.15, 0.2) is 56.6 Å². The maximum atomic E-state index is 14.3. The van der Waals surface area contributed by atoms with Crippen LogP contribution in [0.4, 0.5) is 4.39 Å². The molecule has 1 aromatic rings. The number of Topliss-reactive ketones (excluding diaryl/α,β-unsaturated/α-hetero) is 1. The summed E-state index contributed by atoms with van der Waals surface area (Å²) in [5.41, 5.74) is -0.451. The lowest BCUT2D eigenvalue weighted by Crippen LogP contribution is -2.70. The molecule has 27 heavy (non-hydrogen) atoms. The number of pyridine rings is 1. The predicted octanol–water partition coefficient (Wildman–Crippen LogP) is 1.97. The van der Waals surface area contributed by atoms with E-state index in [0.29, 0.717) is 6.54 Å². The van der Waals surface area contributed by atoms with Crippen LogP contribution >= 0.6 is 11.9 Å². The quantitative estimate of drug-likeness (QED) is 0.600. The summed E-state index contributed by atoms with van der Waals surface area (Å²) in [7, 11) is 0. The van der Waals surface area contributed by atoms with Crippen molar-refractivity contribution in [2.75, 3.05) is 13.1 Å². The van der Waals surface area contributed by atoms with Crippen LogP contribution in [-0.4, -0.2) is 45.6 Å². The highest BCUT2D eigenvalue weighted by Crippen LogP contribution is 2.54. The average molecular weight is 386 g/mol. The third kappa shape index (κ3) is 2.39. The first-order chi connectivity index (χ1) is 13.0. The normalized spacial score (nSPS) is 34.9. The van der Waals surface area contributed by atoms with E-state index in [1.807, 2.05) is 0 Å². The lowest BCUT2D eigenvalue weighted by atomic mass is 9.56. The van der Waals surface area contributed by atoms with Crippen molar-refractivity contribution >= 4 is 24.1 Å². The minimum Gasteiger partial charge on any atom is -0.364 e. The largest absolute Gasteiger partial charge is 0.364 e. The molecule has 3 atom stereocenters. The highest BCUT2D eigenvalue weighted by atomic mass is 32.2. The summed E-state index contributed by atoms with van der Waals surface area (Å²) in [6.45, 7) is 1.30. The number of ketones is 1. The molecular weight excluding hydrogens is 367 g/mol. The van der Waals surface area contributed by atoms with E-state index in [-0.39, 0.29) is 29.5 Å². The minimum absolute atomic E-state index is 0.0446. The van der Waals surface area contributed by atoms with Gasteiger partial charge in [0.2, 0.25) is 5.56 Å². The van der Waals surface area contributed by atoms with Gasteiger partial charge >= 0.3 is 0 Å². The van der Waals surface area contributed by atoms with Gasteiger partial charge in [-0.25, -0.2) is 8.70 Å². The zero-order valence-corrected chi connectivity index (χ0v) is 15.4. The van der Waals surface area contributed by atoms with Crippen molar-refractivity contribution in [2.45, 2.75) is 35.2 Å². The second-order valence-corrected chi connectivity index (χ2v) is 8.66. The van der Waals surface area contributed by atoms with Crippen molar-refractivity contribution in [2.24, 2.45) is 10.9 Å². The standard InChI is InChI=1S/C19H19FN4O2S/c20-13-7-16(25)15-3-1-12-5-6-24(27-14-2-4-17(26)21-9-14)10-19(12)18(15,8-13)22-11-23-19/h2,4-5,8-9,11,15H,1,3,6-7,10H2,(H,21,26)(H,22,23). The summed E-state index contributed by atoms with van der Waals surface area (Å²) in [5.74, 6) is -0.688. The van der Waals surface area contributed by atoms with Crippen molar-refractivity contribution in [3.63, 3.8) is 0 Å². The molecule has 0 bridgehead atoms. The van der Waals surface area contributed by atoms with Crippen molar-refractivity contribution in [3.8, 4) is 0 Å². The highest BCUT2D eigenvalue weighted by Gasteiger charge is 2.65. The number of halogens is 1. The number of aliphatic imine (C=N–C) groups is 1. The number of rotatable bonds is 2. The summed E-state index contributed by atoms with van der Waals surface area (Å²) in [6, 6.07) is 3.27. The minimum atomic E-state index is -0.819. The molecule has 2 aliphatic heterocycles. The molecule has 2 N–H and O–H groups in total. The Labute approximate surface area is 159 Å². The fourth-order valence-electron chi connectivity index (χ4n) is 4.96. The molecule has 8 heteroatoms. The summed E-state index contributed by atoms with van der Waals surface area (Å²) in [6.07, 6.45) is 8.51. The monoisotopic (exact) mass is 386 g/mol. The Morgan fingerprint density at radius 3 is 3.04 bits per heavy atom. The van der Waals surface area contributed by atoms with E-state index in [1.165, 1.54) is 23.6 Å². The number of hydrogen-bond acceptors (Lipinski definition) is 6. The lowest BCUT2D eigenvalue weighted by Gasteiger charge is -2.55. The van der Waals surface area contributed by atoms with Gasteiger partial charge in [0.05, 0.1) is 18.3 Å². The van der Waals surface area contributed by atoms with Crippen molar-refractivity contribution < 1.29 is 9.18 Å². The molecule has 4 aliphatic rings. The molecule has 0 amide bonds. The number of nitrogens with zero attached hydrogens (tertiary/aromatic N) is 2. The second-order valence-electron chi connectivity index (χ2n) is 7.49. The molecule has 1 fully saturated rings. The molecule has 140 valence electrons. The first-order valence-corrected chi connectivity index (χ1v) is 9.82. The Bertz CT molecular complexity index is 950. The third-order valence-corrected chi connectivity index (χ3v) is 7.11. The Balaban J connectivity index is 1.53. The maximum absolute atomic E-state index is 14.3. The van der Waals surface area contributed by atoms with Gasteiger partial charge in [-0.15, -0.1) is 0 Å². The second kappa shape index (κ2) is 5.90. The van der Waals surface area contributed by atoms with E-state index >= 15 is 0 Å². The van der Waals surface area contributed by atoms with Crippen molar-refractivity contribution in [3.05, 3.63) is 52.2 Å². The molecular formula is C19H19FN4O2S. The molecule has 0 saturated heterocycles. The van der Waals surface area contributed by atoms with E-state index in [4.69, 9.17) is 4.99 Å². The van der Waals surface area contributed by atoms with Gasteiger partial charge in [0, 0.05) is 36.2 Å². The fraction of sp³-hybridized carbons (Fsp3) is 0.421. The number of carbonyl (C=O) groups is 1. The van der Waals surface area contributed by atoms with Crippen LogP contribution in [0.3, 0.4) is 0 Å². The molecule has 0 aromatic carbocycles. The van der Waals surface area contributed by atoms with Crippen LogP contribution in [0.2, 0.25) is 0 Å². The molecule has 2 spiro atoms. The zero-order chi connectivity index (χ0) is 18.6. The van der Waals surface area contributed by atoms with Gasteiger partial charge in [0.25, 0.3) is 0 Å². The number of allylic oxidation sites excluding steroid dienone is 1. The fourth-order valence-corrected chi connectivity index (χ4v) is 5.90. The maximum Gasteiger partial charge on any atom is 0.247 e. The topological polar surface area (TPSA) is 77.6 Å². The summed E-state index contributed by atoms with van der Waals surface area (Å²) in [4.78, 5) is 32.3. The molecule has 6 nitrogen and oxygen atoms in total. The molecule has 1 aromatic heterocycles. The summed E-state index contributed by atoms with van der Waals surface area (Å²) >= 11 is 1.53. The molecule has 3 heterocycles. The van der Waals surface area contributed by atoms with E-state index in [0.717, 1.165) is 24.3 Å². The molecule has 2 aliphatic carbocycles. The van der Waals surface area contributed by atoms with E-state index < -0.39 is 11.1 Å².